The van der Waals surface area contributed by atoms with Gasteiger partial charge in [-0.2, -0.15) is 0 Å². The molecule has 2 heterocycles. The molecule has 2 aromatic heterocycles. The second kappa shape index (κ2) is 5.57. The third-order valence-electron chi connectivity index (χ3n) is 2.85. The highest BCUT2D eigenvalue weighted by Gasteiger charge is 2.09. The predicted molar refractivity (Wildman–Crippen MR) is 73.0 cm³/mol. The predicted octanol–water partition coefficient (Wildman–Crippen LogP) is -0.245. The van der Waals surface area contributed by atoms with E-state index in [4.69, 9.17) is 10.2 Å². The topological polar surface area (TPSA) is 125 Å². The van der Waals surface area contributed by atoms with E-state index in [-0.39, 0.29) is 18.4 Å². The average Bonchev–Trinajstić information content (AvgIpc) is 3.05. The Morgan fingerprint density at radius 3 is 3.00 bits per heavy atom. The number of carbonyl (C=O) groups excluding carboxylic acids is 1. The summed E-state index contributed by atoms with van der Waals surface area (Å²) in [6.45, 7) is 0.389. The summed E-state index contributed by atoms with van der Waals surface area (Å²) in [6.07, 6.45) is 0.505. The van der Waals surface area contributed by atoms with Crippen LogP contribution in [0.3, 0.4) is 0 Å². The van der Waals surface area contributed by atoms with Crippen molar-refractivity contribution in [1.29, 1.82) is 0 Å². The first-order valence-corrected chi connectivity index (χ1v) is 6.35. The Kier molecular flexibility index (Phi) is 3.46. The molecule has 3 aromatic rings. The van der Waals surface area contributed by atoms with Gasteiger partial charge in [0.25, 0.3) is 0 Å². The minimum absolute atomic E-state index is 0.0214. The summed E-state index contributed by atoms with van der Waals surface area (Å²) in [4.78, 5) is 16.0. The molecule has 0 saturated heterocycles. The maximum absolute atomic E-state index is 11.7. The fraction of sp³-hybridized carbons (Fsp3) is 0.250. The van der Waals surface area contributed by atoms with Crippen molar-refractivity contribution in [3.05, 3.63) is 30.2 Å². The number of oxazole rings is 1. The molecule has 1 aromatic carbocycles. The number of anilines is 1. The van der Waals surface area contributed by atoms with Gasteiger partial charge in [-0.3, -0.25) is 4.79 Å². The molecule has 9 nitrogen and oxygen atoms in total. The zero-order chi connectivity index (χ0) is 14.7. The number of aromatic nitrogens is 5. The molecule has 108 valence electrons. The molecule has 0 atom stereocenters. The number of rotatable bonds is 5. The number of tetrazole rings is 1. The summed E-state index contributed by atoms with van der Waals surface area (Å²) >= 11 is 0. The van der Waals surface area contributed by atoms with Crippen LogP contribution < -0.4 is 11.1 Å². The minimum Gasteiger partial charge on any atom is -0.441 e. The van der Waals surface area contributed by atoms with Crippen molar-refractivity contribution in [1.82, 2.24) is 30.5 Å². The third kappa shape index (κ3) is 2.96. The molecule has 0 unspecified atom stereocenters. The van der Waals surface area contributed by atoms with E-state index < -0.39 is 0 Å². The molecule has 3 N–H and O–H groups in total. The average molecular weight is 287 g/mol. The molecule has 0 aliphatic carbocycles. The van der Waals surface area contributed by atoms with E-state index in [1.54, 1.807) is 0 Å². The van der Waals surface area contributed by atoms with Crippen molar-refractivity contribution in [2.45, 2.75) is 13.0 Å². The third-order valence-corrected chi connectivity index (χ3v) is 2.85. The summed E-state index contributed by atoms with van der Waals surface area (Å²) in [7, 11) is 0. The Balaban J connectivity index is 1.51. The fourth-order valence-electron chi connectivity index (χ4n) is 1.85. The maximum Gasteiger partial charge on any atom is 0.241 e. The van der Waals surface area contributed by atoms with Gasteiger partial charge in [0.15, 0.2) is 11.5 Å². The lowest BCUT2D eigenvalue weighted by molar-refractivity contribution is -0.121. The molecule has 0 radical (unpaired) electrons. The first kappa shape index (κ1) is 13.0. The lowest BCUT2D eigenvalue weighted by Gasteiger charge is -2.03. The van der Waals surface area contributed by atoms with Gasteiger partial charge in [-0.25, -0.2) is 9.67 Å². The molecule has 1 amide bonds. The molecular formula is C12H13N7O2. The summed E-state index contributed by atoms with van der Waals surface area (Å²) in [5.41, 5.74) is 7.02. The van der Waals surface area contributed by atoms with Gasteiger partial charge in [-0.1, -0.05) is 17.2 Å². The first-order chi connectivity index (χ1) is 10.2. The highest BCUT2D eigenvalue weighted by atomic mass is 16.3. The van der Waals surface area contributed by atoms with Crippen molar-refractivity contribution in [3.63, 3.8) is 0 Å². The highest BCUT2D eigenvalue weighted by molar-refractivity contribution is 5.76. The number of nitrogen functional groups attached to an aromatic ring is 1. The highest BCUT2D eigenvalue weighted by Crippen LogP contribution is 2.14. The molecule has 0 saturated carbocycles. The van der Waals surface area contributed by atoms with Gasteiger partial charge in [0, 0.05) is 13.0 Å². The number of nitrogens with zero attached hydrogens (tertiary/aromatic N) is 5. The number of hydrogen-bond donors (Lipinski definition) is 2. The number of nitrogens with one attached hydrogen (secondary N) is 1. The molecule has 9 heteroatoms. The number of amides is 1. The van der Waals surface area contributed by atoms with Gasteiger partial charge in [0.05, 0.1) is 0 Å². The summed E-state index contributed by atoms with van der Waals surface area (Å²) in [5.74, 6) is 0.452. The zero-order valence-corrected chi connectivity index (χ0v) is 11.1. The number of benzene rings is 1. The molecular weight excluding hydrogens is 274 g/mol. The minimum atomic E-state index is -0.231. The van der Waals surface area contributed by atoms with Gasteiger partial charge in [0.2, 0.25) is 11.9 Å². The Labute approximate surface area is 119 Å². The summed E-state index contributed by atoms with van der Waals surface area (Å²) in [6, 6.07) is 7.51. The van der Waals surface area contributed by atoms with E-state index in [1.165, 1.54) is 4.68 Å². The van der Waals surface area contributed by atoms with Crippen LogP contribution in [0.15, 0.2) is 28.7 Å². The number of carbonyl (C=O) groups is 1. The van der Waals surface area contributed by atoms with E-state index >= 15 is 0 Å². The van der Waals surface area contributed by atoms with E-state index in [0.717, 1.165) is 11.1 Å². The molecule has 0 spiro atoms. The van der Waals surface area contributed by atoms with Gasteiger partial charge in [0.1, 0.15) is 12.1 Å². The molecule has 0 aliphatic rings. The number of hydrogen-bond acceptors (Lipinski definition) is 7. The number of fused-ring (bicyclic) bond motifs is 1. The standard InChI is InChI=1S/C12H13N7O2/c13-12-16-17-18-19(12)7-10(20)14-6-5-11-15-8-3-1-2-4-9(8)21-11/h1-4H,5-7H2,(H,14,20)(H2,13,16,18). The van der Waals surface area contributed by atoms with Crippen LogP contribution in [-0.2, 0) is 17.8 Å². The molecule has 0 fully saturated rings. The molecule has 0 bridgehead atoms. The second-order valence-electron chi connectivity index (χ2n) is 4.37. The lowest BCUT2D eigenvalue weighted by atomic mass is 10.3. The van der Waals surface area contributed by atoms with Gasteiger partial charge in [-0.15, -0.1) is 0 Å². The van der Waals surface area contributed by atoms with Crippen LogP contribution in [0.25, 0.3) is 11.1 Å². The van der Waals surface area contributed by atoms with Crippen molar-refractivity contribution in [2.24, 2.45) is 0 Å². The van der Waals surface area contributed by atoms with Crippen LogP contribution in [0.2, 0.25) is 0 Å². The van der Waals surface area contributed by atoms with Crippen LogP contribution in [0.1, 0.15) is 5.89 Å². The zero-order valence-electron chi connectivity index (χ0n) is 11.1. The lowest BCUT2D eigenvalue weighted by Crippen LogP contribution is -2.30. The molecule has 0 aliphatic heterocycles. The largest absolute Gasteiger partial charge is 0.441 e. The van der Waals surface area contributed by atoms with E-state index in [9.17, 15) is 4.79 Å². The Morgan fingerprint density at radius 2 is 2.24 bits per heavy atom. The number of nitrogens with two attached hydrogens (primary N) is 1. The molecule has 21 heavy (non-hydrogen) atoms. The maximum atomic E-state index is 11.7. The van der Waals surface area contributed by atoms with Gasteiger partial charge < -0.3 is 15.5 Å². The monoisotopic (exact) mass is 287 g/mol. The first-order valence-electron chi connectivity index (χ1n) is 6.35. The second-order valence-corrected chi connectivity index (χ2v) is 4.37. The van der Waals surface area contributed by atoms with Crippen molar-refractivity contribution < 1.29 is 9.21 Å². The van der Waals surface area contributed by atoms with Gasteiger partial charge in [-0.05, 0) is 22.6 Å². The van der Waals surface area contributed by atoms with Crippen LogP contribution in [-0.4, -0.2) is 37.6 Å². The van der Waals surface area contributed by atoms with Crippen LogP contribution >= 0.6 is 0 Å². The SMILES string of the molecule is Nc1nnnn1CC(=O)NCCc1nc2ccccc2o1. The number of para-hydroxylation sites is 2. The van der Waals surface area contributed by atoms with Crippen molar-refractivity contribution >= 4 is 23.0 Å². The summed E-state index contributed by atoms with van der Waals surface area (Å²) < 4.78 is 6.77. The van der Waals surface area contributed by atoms with Crippen LogP contribution in [0.5, 0.6) is 0 Å². The van der Waals surface area contributed by atoms with Crippen molar-refractivity contribution in [2.75, 3.05) is 12.3 Å². The van der Waals surface area contributed by atoms with Crippen molar-refractivity contribution in [3.8, 4) is 0 Å². The van der Waals surface area contributed by atoms with E-state index in [0.29, 0.717) is 18.9 Å². The van der Waals surface area contributed by atoms with E-state index in [1.807, 2.05) is 24.3 Å². The Bertz CT molecular complexity index is 731. The van der Waals surface area contributed by atoms with Gasteiger partial charge >= 0.3 is 0 Å². The quantitative estimate of drug-likeness (QED) is 0.663. The normalized spacial score (nSPS) is 10.9. The van der Waals surface area contributed by atoms with Crippen LogP contribution in [0, 0.1) is 0 Å². The van der Waals surface area contributed by atoms with E-state index in [2.05, 4.69) is 25.8 Å². The Hall–Kier alpha value is -2.97. The molecule has 3 rings (SSSR count). The smallest absolute Gasteiger partial charge is 0.241 e. The fourth-order valence-corrected chi connectivity index (χ4v) is 1.85. The Morgan fingerprint density at radius 1 is 1.38 bits per heavy atom. The summed E-state index contributed by atoms with van der Waals surface area (Å²) in [5, 5.41) is 13.2. The van der Waals surface area contributed by atoms with Crippen LogP contribution in [0.4, 0.5) is 5.95 Å².